The van der Waals surface area contributed by atoms with Crippen LogP contribution >= 0.6 is 39.1 Å². The minimum absolute atomic E-state index is 0.138. The topological polar surface area (TPSA) is 58.6 Å². The van der Waals surface area contributed by atoms with Crippen LogP contribution in [-0.2, 0) is 22.6 Å². The van der Waals surface area contributed by atoms with Gasteiger partial charge < -0.3 is 15.0 Å². The number of hydrogen-bond donors (Lipinski definition) is 1. The van der Waals surface area contributed by atoms with Crippen molar-refractivity contribution >= 4 is 50.9 Å². The van der Waals surface area contributed by atoms with Crippen molar-refractivity contribution in [2.24, 2.45) is 0 Å². The van der Waals surface area contributed by atoms with Crippen LogP contribution in [0.1, 0.15) is 36.8 Å². The van der Waals surface area contributed by atoms with Crippen LogP contribution in [0.15, 0.2) is 77.3 Å². The molecule has 0 bridgehead atoms. The molecule has 37 heavy (non-hydrogen) atoms. The molecular formula is C29H29BrCl2N2O3. The molecule has 0 heterocycles. The van der Waals surface area contributed by atoms with Crippen LogP contribution in [0, 0.1) is 0 Å². The van der Waals surface area contributed by atoms with E-state index in [1.54, 1.807) is 35.2 Å². The zero-order valence-electron chi connectivity index (χ0n) is 20.3. The minimum atomic E-state index is -0.705. The summed E-state index contributed by atoms with van der Waals surface area (Å²) < 4.78 is 6.51. The second kappa shape index (κ2) is 13.3. The lowest BCUT2D eigenvalue weighted by molar-refractivity contribution is -0.143. The number of carbonyl (C=O) groups excluding carboxylic acids is 2. The van der Waals surface area contributed by atoms with Crippen molar-refractivity contribution in [1.29, 1.82) is 0 Å². The first-order valence-electron chi connectivity index (χ1n) is 12.3. The summed E-state index contributed by atoms with van der Waals surface area (Å²) in [4.78, 5) is 29.0. The number of amides is 2. The lowest BCUT2D eigenvalue weighted by Gasteiger charge is -2.32. The number of nitrogens with zero attached hydrogens (tertiary/aromatic N) is 1. The molecule has 4 rings (SSSR count). The van der Waals surface area contributed by atoms with E-state index in [1.807, 2.05) is 42.5 Å². The summed E-state index contributed by atoms with van der Waals surface area (Å²) in [7, 11) is 0. The van der Waals surface area contributed by atoms with Crippen molar-refractivity contribution in [1.82, 2.24) is 10.2 Å². The average Bonchev–Trinajstić information content (AvgIpc) is 3.40. The molecule has 1 aliphatic carbocycles. The molecule has 1 N–H and O–H groups in total. The Morgan fingerprint density at radius 3 is 2.30 bits per heavy atom. The van der Waals surface area contributed by atoms with Gasteiger partial charge in [0.2, 0.25) is 5.91 Å². The maximum absolute atomic E-state index is 13.7. The second-order valence-electron chi connectivity index (χ2n) is 9.21. The molecule has 3 aromatic carbocycles. The highest BCUT2D eigenvalue weighted by atomic mass is 79.9. The van der Waals surface area contributed by atoms with E-state index in [-0.39, 0.29) is 31.0 Å². The normalized spacial score (nSPS) is 14.2. The third-order valence-electron chi connectivity index (χ3n) is 6.48. The number of hydrogen-bond acceptors (Lipinski definition) is 3. The fraction of sp³-hybridized carbons (Fsp3) is 0.310. The number of halogens is 3. The molecular weight excluding hydrogens is 575 g/mol. The summed E-state index contributed by atoms with van der Waals surface area (Å²) in [5, 5.41) is 4.37. The number of ether oxygens (including phenoxy) is 1. The van der Waals surface area contributed by atoms with Crippen molar-refractivity contribution in [2.75, 3.05) is 6.61 Å². The number of benzene rings is 3. The van der Waals surface area contributed by atoms with Crippen molar-refractivity contribution in [3.63, 3.8) is 0 Å². The maximum atomic E-state index is 13.7. The Kier molecular flexibility index (Phi) is 9.89. The lowest BCUT2D eigenvalue weighted by atomic mass is 10.0. The molecule has 0 saturated heterocycles. The molecule has 1 saturated carbocycles. The lowest BCUT2D eigenvalue weighted by Crippen LogP contribution is -2.53. The van der Waals surface area contributed by atoms with Gasteiger partial charge in [0.05, 0.1) is 4.47 Å². The Balaban J connectivity index is 1.61. The summed E-state index contributed by atoms with van der Waals surface area (Å²) in [6.07, 6.45) is 4.52. The van der Waals surface area contributed by atoms with Gasteiger partial charge in [-0.25, -0.2) is 0 Å². The molecule has 3 aromatic rings. The van der Waals surface area contributed by atoms with Gasteiger partial charge in [0.25, 0.3) is 5.91 Å². The molecule has 1 atom stereocenters. The summed E-state index contributed by atoms with van der Waals surface area (Å²) in [5.41, 5.74) is 1.85. The Morgan fingerprint density at radius 2 is 1.62 bits per heavy atom. The zero-order chi connectivity index (χ0) is 26.2. The van der Waals surface area contributed by atoms with E-state index < -0.39 is 6.04 Å². The molecule has 8 heteroatoms. The number of carbonyl (C=O) groups is 2. The van der Waals surface area contributed by atoms with E-state index in [0.29, 0.717) is 26.7 Å². The quantitative estimate of drug-likeness (QED) is 0.276. The second-order valence-corrected chi connectivity index (χ2v) is 10.9. The van der Waals surface area contributed by atoms with Gasteiger partial charge in [-0.1, -0.05) is 78.5 Å². The molecule has 0 spiro atoms. The van der Waals surface area contributed by atoms with Crippen LogP contribution in [0.2, 0.25) is 10.0 Å². The summed E-state index contributed by atoms with van der Waals surface area (Å²) in [6.45, 7) is 0.0204. The first kappa shape index (κ1) is 27.5. The average molecular weight is 604 g/mol. The van der Waals surface area contributed by atoms with Crippen molar-refractivity contribution in [3.05, 3.63) is 98.4 Å². The number of rotatable bonds is 10. The maximum Gasteiger partial charge on any atom is 0.261 e. The van der Waals surface area contributed by atoms with E-state index in [2.05, 4.69) is 21.2 Å². The van der Waals surface area contributed by atoms with Crippen LogP contribution in [-0.4, -0.2) is 35.4 Å². The molecule has 0 aromatic heterocycles. The third kappa shape index (κ3) is 7.97. The third-order valence-corrected chi connectivity index (χ3v) is 7.59. The summed E-state index contributed by atoms with van der Waals surface area (Å²) in [6, 6.07) is 21.6. The molecule has 5 nitrogen and oxygen atoms in total. The van der Waals surface area contributed by atoms with Gasteiger partial charge in [0, 0.05) is 29.1 Å². The monoisotopic (exact) mass is 602 g/mol. The Bertz CT molecular complexity index is 1200. The standard InChI is InChI=1S/C29H29BrCl2N2O3/c30-25-17-23(32)14-15-27(25)37-19-28(35)34(18-21-10-12-22(31)13-11-21)26(16-20-6-2-1-3-7-20)29(36)33-24-8-4-5-9-24/h1-3,6-7,10-15,17,24,26H,4-5,8-9,16,18-19H2,(H,33,36)/t26-/m1/s1. The predicted molar refractivity (Wildman–Crippen MR) is 151 cm³/mol. The van der Waals surface area contributed by atoms with Crippen LogP contribution < -0.4 is 10.1 Å². The minimum Gasteiger partial charge on any atom is -0.483 e. The van der Waals surface area contributed by atoms with Gasteiger partial charge in [-0.3, -0.25) is 9.59 Å². The van der Waals surface area contributed by atoms with E-state index in [4.69, 9.17) is 27.9 Å². The molecule has 1 fully saturated rings. The van der Waals surface area contributed by atoms with E-state index >= 15 is 0 Å². The van der Waals surface area contributed by atoms with Crippen molar-refractivity contribution in [3.8, 4) is 5.75 Å². The molecule has 0 aliphatic heterocycles. The van der Waals surface area contributed by atoms with Gasteiger partial charge in [-0.05, 0) is 70.2 Å². The van der Waals surface area contributed by atoms with Crippen molar-refractivity contribution in [2.45, 2.75) is 50.7 Å². The first-order valence-corrected chi connectivity index (χ1v) is 13.9. The van der Waals surface area contributed by atoms with Crippen LogP contribution in [0.4, 0.5) is 0 Å². The molecule has 2 amide bonds. The molecule has 194 valence electrons. The highest BCUT2D eigenvalue weighted by molar-refractivity contribution is 9.10. The van der Waals surface area contributed by atoms with Gasteiger partial charge in [0.15, 0.2) is 6.61 Å². The van der Waals surface area contributed by atoms with Crippen LogP contribution in [0.25, 0.3) is 0 Å². The fourth-order valence-corrected chi connectivity index (χ4v) is 5.45. The molecule has 0 radical (unpaired) electrons. The van der Waals surface area contributed by atoms with Gasteiger partial charge in [-0.15, -0.1) is 0 Å². The molecule has 1 aliphatic rings. The summed E-state index contributed by atoms with van der Waals surface area (Å²) in [5.74, 6) is 0.0595. The highest BCUT2D eigenvalue weighted by Crippen LogP contribution is 2.28. The first-order chi connectivity index (χ1) is 17.9. The SMILES string of the molecule is O=C(NC1CCCC1)[C@@H](Cc1ccccc1)N(Cc1ccc(Cl)cc1)C(=O)COc1ccc(Cl)cc1Br. The number of nitrogens with one attached hydrogen (secondary N) is 1. The zero-order valence-corrected chi connectivity index (χ0v) is 23.4. The van der Waals surface area contributed by atoms with Crippen molar-refractivity contribution < 1.29 is 14.3 Å². The van der Waals surface area contributed by atoms with Crippen LogP contribution in [0.5, 0.6) is 5.75 Å². The summed E-state index contributed by atoms with van der Waals surface area (Å²) >= 11 is 15.6. The van der Waals surface area contributed by atoms with Gasteiger partial charge in [0.1, 0.15) is 11.8 Å². The van der Waals surface area contributed by atoms with E-state index in [1.165, 1.54) is 0 Å². The van der Waals surface area contributed by atoms with E-state index in [0.717, 1.165) is 36.8 Å². The van der Waals surface area contributed by atoms with Gasteiger partial charge in [-0.2, -0.15) is 0 Å². The Labute approximate surface area is 236 Å². The largest absolute Gasteiger partial charge is 0.483 e. The van der Waals surface area contributed by atoms with E-state index in [9.17, 15) is 9.59 Å². The van der Waals surface area contributed by atoms with Crippen LogP contribution in [0.3, 0.4) is 0 Å². The highest BCUT2D eigenvalue weighted by Gasteiger charge is 2.32. The van der Waals surface area contributed by atoms with Gasteiger partial charge >= 0.3 is 0 Å². The Hall–Kier alpha value is -2.54. The molecule has 0 unspecified atom stereocenters. The smallest absolute Gasteiger partial charge is 0.261 e. The fourth-order valence-electron chi connectivity index (χ4n) is 4.52. The predicted octanol–water partition coefficient (Wildman–Crippen LogP) is 6.83. The Morgan fingerprint density at radius 1 is 0.946 bits per heavy atom.